The van der Waals surface area contributed by atoms with Crippen LogP contribution in [0.25, 0.3) is 0 Å². The minimum atomic E-state index is -0.716. The Hall–Kier alpha value is -1.30. The molecule has 4 atom stereocenters. The zero-order chi connectivity index (χ0) is 22.1. The molecule has 1 heterocycles. The van der Waals surface area contributed by atoms with Crippen LogP contribution in [0.4, 0.5) is 0 Å². The predicted molar refractivity (Wildman–Crippen MR) is 126 cm³/mol. The number of benzene rings is 1. The van der Waals surface area contributed by atoms with Gasteiger partial charge in [0.2, 0.25) is 0 Å². The third-order valence-electron chi connectivity index (χ3n) is 6.42. The highest BCUT2D eigenvalue weighted by Crippen LogP contribution is 2.41. The van der Waals surface area contributed by atoms with Crippen molar-refractivity contribution in [2.24, 2.45) is 11.8 Å². The lowest BCUT2D eigenvalue weighted by Gasteiger charge is -2.33. The summed E-state index contributed by atoms with van der Waals surface area (Å²) in [5.74, 6) is 0.727. The molecule has 0 saturated carbocycles. The second-order valence-electron chi connectivity index (χ2n) is 9.09. The fourth-order valence-corrected chi connectivity index (χ4v) is 5.74. The van der Waals surface area contributed by atoms with Gasteiger partial charge < -0.3 is 14.2 Å². The van der Waals surface area contributed by atoms with E-state index in [1.807, 2.05) is 18.2 Å². The Kier molecular flexibility index (Phi) is 9.48. The van der Waals surface area contributed by atoms with Crippen LogP contribution in [0.15, 0.2) is 47.4 Å². The monoisotopic (exact) mass is 446 g/mol. The normalized spacial score (nSPS) is 31.2. The summed E-state index contributed by atoms with van der Waals surface area (Å²) in [6, 6.07) is 10.2. The molecule has 1 aromatic rings. The summed E-state index contributed by atoms with van der Waals surface area (Å²) in [4.78, 5) is 14.2. The first-order valence-electron chi connectivity index (χ1n) is 11.8. The zero-order valence-corrected chi connectivity index (χ0v) is 20.1. The Labute approximate surface area is 192 Å². The molecule has 0 N–H and O–H groups in total. The van der Waals surface area contributed by atoms with E-state index in [0.717, 1.165) is 56.4 Å². The summed E-state index contributed by atoms with van der Waals surface area (Å²) >= 11 is 1.61. The Morgan fingerprint density at radius 1 is 1.10 bits per heavy atom. The van der Waals surface area contributed by atoms with E-state index < -0.39 is 4.75 Å². The van der Waals surface area contributed by atoms with Gasteiger partial charge in [-0.25, -0.2) is 0 Å². The second kappa shape index (κ2) is 12.1. The summed E-state index contributed by atoms with van der Waals surface area (Å²) in [5, 5.41) is 0. The number of hydrogen-bond donors (Lipinski definition) is 0. The van der Waals surface area contributed by atoms with Crippen LogP contribution >= 0.6 is 11.8 Å². The number of allylic oxidation sites excluding steroid dienone is 1. The van der Waals surface area contributed by atoms with E-state index in [1.54, 1.807) is 11.8 Å². The summed E-state index contributed by atoms with van der Waals surface area (Å²) in [7, 11) is 1.49. The van der Waals surface area contributed by atoms with Crippen LogP contribution in [0.3, 0.4) is 0 Å². The van der Waals surface area contributed by atoms with Crippen LogP contribution < -0.4 is 0 Å². The van der Waals surface area contributed by atoms with Gasteiger partial charge in [-0.2, -0.15) is 0 Å². The van der Waals surface area contributed by atoms with Gasteiger partial charge in [-0.05, 0) is 75.3 Å². The highest BCUT2D eigenvalue weighted by Gasteiger charge is 2.39. The van der Waals surface area contributed by atoms with Crippen LogP contribution in [0, 0.1) is 11.8 Å². The average Bonchev–Trinajstić information content (AvgIpc) is 2.79. The second-order valence-corrected chi connectivity index (χ2v) is 10.5. The lowest BCUT2D eigenvalue weighted by atomic mass is 9.85. The molecule has 3 unspecified atom stereocenters. The molecule has 5 heteroatoms. The largest absolute Gasteiger partial charge is 0.468 e. The van der Waals surface area contributed by atoms with Gasteiger partial charge in [-0.15, -0.1) is 11.8 Å². The third kappa shape index (κ3) is 7.10. The third-order valence-corrected chi connectivity index (χ3v) is 7.80. The van der Waals surface area contributed by atoms with Crippen LogP contribution in [0.5, 0.6) is 0 Å². The molecule has 2 aliphatic rings. The number of ether oxygens (including phenoxy) is 3. The molecule has 0 bridgehead atoms. The number of esters is 1. The molecule has 0 aromatic heterocycles. The molecule has 3 rings (SSSR count). The lowest BCUT2D eigenvalue weighted by Crippen LogP contribution is -2.36. The van der Waals surface area contributed by atoms with Gasteiger partial charge >= 0.3 is 5.97 Å². The van der Waals surface area contributed by atoms with E-state index in [2.05, 4.69) is 38.1 Å². The SMILES string of the molecule is COC(=O)C1(Sc2ccccc2)/C=C/[C@H](C(C)C)CCC(OC2CCCCO2)CCC1. The highest BCUT2D eigenvalue weighted by molar-refractivity contribution is 8.01. The smallest absolute Gasteiger partial charge is 0.326 e. The van der Waals surface area contributed by atoms with Gasteiger partial charge in [0.15, 0.2) is 6.29 Å². The van der Waals surface area contributed by atoms with Crippen LogP contribution in [-0.4, -0.2) is 36.8 Å². The molecular weight excluding hydrogens is 408 g/mol. The Morgan fingerprint density at radius 3 is 2.58 bits per heavy atom. The maximum Gasteiger partial charge on any atom is 0.326 e. The van der Waals surface area contributed by atoms with Crippen molar-refractivity contribution in [2.45, 2.75) is 87.3 Å². The first-order chi connectivity index (χ1) is 15.0. The Morgan fingerprint density at radius 2 is 1.90 bits per heavy atom. The van der Waals surface area contributed by atoms with Gasteiger partial charge in [0.05, 0.1) is 13.2 Å². The molecule has 31 heavy (non-hydrogen) atoms. The van der Waals surface area contributed by atoms with E-state index in [9.17, 15) is 4.79 Å². The molecule has 172 valence electrons. The number of hydrogen-bond acceptors (Lipinski definition) is 5. The molecule has 0 spiro atoms. The highest BCUT2D eigenvalue weighted by atomic mass is 32.2. The van der Waals surface area contributed by atoms with E-state index in [4.69, 9.17) is 14.2 Å². The molecule has 1 aromatic carbocycles. The molecule has 4 nitrogen and oxygen atoms in total. The topological polar surface area (TPSA) is 44.8 Å². The van der Waals surface area contributed by atoms with Crippen molar-refractivity contribution in [3.05, 3.63) is 42.5 Å². The minimum Gasteiger partial charge on any atom is -0.468 e. The van der Waals surface area contributed by atoms with Crippen LogP contribution in [-0.2, 0) is 19.0 Å². The van der Waals surface area contributed by atoms with Crippen LogP contribution in [0.1, 0.15) is 65.2 Å². The number of carbonyl (C=O) groups excluding carboxylic acids is 1. The van der Waals surface area contributed by atoms with Gasteiger partial charge in [-0.1, -0.05) is 44.2 Å². The van der Waals surface area contributed by atoms with Gasteiger partial charge in [0.25, 0.3) is 0 Å². The standard InChI is InChI=1S/C26H38O4S/c1-20(2)21-14-15-22(30-24-13-7-8-19-29-24)10-9-17-26(18-16-21,25(27)28-3)31-23-11-5-4-6-12-23/h4-6,11-12,16,18,20-22,24H,7-10,13-15,17,19H2,1-3H3/b18-16+/t21-,22?,24?,26?/m1/s1. The average molecular weight is 447 g/mol. The van der Waals surface area contributed by atoms with Gasteiger partial charge in [0.1, 0.15) is 4.75 Å². The van der Waals surface area contributed by atoms with E-state index in [1.165, 1.54) is 13.5 Å². The number of rotatable bonds is 6. The summed E-state index contributed by atoms with van der Waals surface area (Å²) in [6.07, 6.45) is 12.4. The number of methoxy groups -OCH3 is 1. The Balaban J connectivity index is 1.82. The van der Waals surface area contributed by atoms with Crippen molar-refractivity contribution >= 4 is 17.7 Å². The predicted octanol–water partition coefficient (Wildman–Crippen LogP) is 6.39. The van der Waals surface area contributed by atoms with E-state index in [0.29, 0.717) is 11.8 Å². The summed E-state index contributed by atoms with van der Waals surface area (Å²) < 4.78 is 16.8. The maximum atomic E-state index is 13.1. The fourth-order valence-electron chi connectivity index (χ4n) is 4.47. The fraction of sp³-hybridized carbons (Fsp3) is 0.654. The number of thioether (sulfide) groups is 1. The minimum absolute atomic E-state index is 0.0706. The van der Waals surface area contributed by atoms with Crippen molar-refractivity contribution in [2.75, 3.05) is 13.7 Å². The van der Waals surface area contributed by atoms with Crippen LogP contribution in [0.2, 0.25) is 0 Å². The lowest BCUT2D eigenvalue weighted by molar-refractivity contribution is -0.191. The summed E-state index contributed by atoms with van der Waals surface area (Å²) in [6.45, 7) is 5.31. The number of carbonyl (C=O) groups is 1. The van der Waals surface area contributed by atoms with Crippen molar-refractivity contribution < 1.29 is 19.0 Å². The van der Waals surface area contributed by atoms with E-state index >= 15 is 0 Å². The molecule has 0 radical (unpaired) electrons. The van der Waals surface area contributed by atoms with Crippen molar-refractivity contribution in [1.82, 2.24) is 0 Å². The molecule has 1 aliphatic heterocycles. The van der Waals surface area contributed by atoms with Gasteiger partial charge in [0, 0.05) is 11.5 Å². The van der Waals surface area contributed by atoms with Gasteiger partial charge in [-0.3, -0.25) is 4.79 Å². The Bertz CT molecular complexity index is 699. The first kappa shape index (κ1) is 24.3. The zero-order valence-electron chi connectivity index (χ0n) is 19.3. The maximum absolute atomic E-state index is 13.1. The molecule has 0 amide bonds. The molecule has 1 saturated heterocycles. The van der Waals surface area contributed by atoms with Crippen molar-refractivity contribution in [3.8, 4) is 0 Å². The van der Waals surface area contributed by atoms with Crippen molar-refractivity contribution in [3.63, 3.8) is 0 Å². The van der Waals surface area contributed by atoms with Crippen molar-refractivity contribution in [1.29, 1.82) is 0 Å². The molecular formula is C26H38O4S. The molecule has 1 aliphatic carbocycles. The molecule has 1 fully saturated rings. The van der Waals surface area contributed by atoms with E-state index in [-0.39, 0.29) is 18.4 Å². The first-order valence-corrected chi connectivity index (χ1v) is 12.6. The quantitative estimate of drug-likeness (QED) is 0.374. The summed E-state index contributed by atoms with van der Waals surface area (Å²) in [5.41, 5.74) is 0.